The van der Waals surface area contributed by atoms with Crippen molar-refractivity contribution >= 4 is 35.3 Å². The Hall–Kier alpha value is -2.12. The molecule has 3 rings (SSSR count). The van der Waals surface area contributed by atoms with Crippen molar-refractivity contribution in [2.75, 3.05) is 13.2 Å². The van der Waals surface area contributed by atoms with Crippen molar-refractivity contribution in [3.05, 3.63) is 63.6 Å². The minimum Gasteiger partial charge on any atom is -0.489 e. The molecule has 8 heteroatoms. The molecule has 1 amide bonds. The van der Waals surface area contributed by atoms with E-state index in [0.29, 0.717) is 35.6 Å². The molecule has 0 radical (unpaired) electrons. The first-order chi connectivity index (χ1) is 13.4. The molecule has 2 aromatic rings. The molecule has 2 aromatic carbocycles. The van der Waals surface area contributed by atoms with Gasteiger partial charge in [0.05, 0.1) is 25.8 Å². The molecule has 6 nitrogen and oxygen atoms in total. The summed E-state index contributed by atoms with van der Waals surface area (Å²) in [5, 5.41) is 5.10. The van der Waals surface area contributed by atoms with Crippen LogP contribution in [0.3, 0.4) is 0 Å². The Balaban J connectivity index is 1.52. The molecule has 1 N–H and O–H groups in total. The van der Waals surface area contributed by atoms with Crippen LogP contribution in [0.15, 0.2) is 47.6 Å². The highest BCUT2D eigenvalue weighted by Crippen LogP contribution is 2.23. The van der Waals surface area contributed by atoms with E-state index in [1.165, 1.54) is 0 Å². The van der Waals surface area contributed by atoms with E-state index in [1.54, 1.807) is 25.3 Å². The lowest BCUT2D eigenvalue weighted by molar-refractivity contribution is -0.159. The summed E-state index contributed by atoms with van der Waals surface area (Å²) in [4.78, 5) is 11.9. The summed E-state index contributed by atoms with van der Waals surface area (Å²) in [6.07, 6.45) is 1.62. The van der Waals surface area contributed by atoms with Gasteiger partial charge in [-0.15, -0.1) is 0 Å². The van der Waals surface area contributed by atoms with Crippen molar-refractivity contribution < 1.29 is 19.0 Å². The third-order valence-corrected chi connectivity index (χ3v) is 4.64. The number of halogens is 2. The number of nitrogens with zero attached hydrogens (tertiary/aromatic N) is 1. The van der Waals surface area contributed by atoms with Gasteiger partial charge in [-0.05, 0) is 36.8 Å². The van der Waals surface area contributed by atoms with E-state index in [0.717, 1.165) is 11.1 Å². The molecule has 148 valence electrons. The van der Waals surface area contributed by atoms with E-state index in [-0.39, 0.29) is 12.3 Å². The lowest BCUT2D eigenvalue weighted by atomic mass is 10.2. The van der Waals surface area contributed by atoms with Crippen LogP contribution in [0.25, 0.3) is 0 Å². The molecule has 0 unspecified atom stereocenters. The molecule has 1 saturated heterocycles. The van der Waals surface area contributed by atoms with Gasteiger partial charge in [-0.25, -0.2) is 5.43 Å². The van der Waals surface area contributed by atoms with Crippen LogP contribution in [0.4, 0.5) is 0 Å². The number of nitrogens with one attached hydrogen (secondary N) is 1. The van der Waals surface area contributed by atoms with Crippen LogP contribution >= 0.6 is 23.2 Å². The van der Waals surface area contributed by atoms with E-state index in [2.05, 4.69) is 10.5 Å². The highest BCUT2D eigenvalue weighted by molar-refractivity contribution is 6.35. The molecule has 1 aliphatic heterocycles. The summed E-state index contributed by atoms with van der Waals surface area (Å²) in [5.41, 5.74) is 4.09. The van der Waals surface area contributed by atoms with E-state index >= 15 is 0 Å². The number of carbonyl (C=O) groups excluding carboxylic acids is 1. The first kappa shape index (κ1) is 20.6. The van der Waals surface area contributed by atoms with E-state index in [1.807, 2.05) is 30.3 Å². The Kier molecular flexibility index (Phi) is 6.91. The number of benzene rings is 2. The second-order valence-electron chi connectivity index (χ2n) is 6.40. The van der Waals surface area contributed by atoms with Gasteiger partial charge in [-0.1, -0.05) is 41.4 Å². The SMILES string of the molecule is CC1(CC(=O)N/N=C\c2cccc(OCc3ccc(Cl)cc3Cl)c2)OCCO1. The second kappa shape index (κ2) is 9.39. The molecule has 0 aliphatic carbocycles. The van der Waals surface area contributed by atoms with Crippen molar-refractivity contribution in [3.63, 3.8) is 0 Å². The molecule has 28 heavy (non-hydrogen) atoms. The standard InChI is InChI=1S/C20H20Cl2N2O4/c1-20(27-7-8-28-20)11-19(25)24-23-12-14-3-2-4-17(9-14)26-13-15-5-6-16(21)10-18(15)22/h2-6,9-10,12H,7-8,11,13H2,1H3,(H,24,25)/b23-12-. The van der Waals surface area contributed by atoms with Crippen LogP contribution in [0.2, 0.25) is 10.0 Å². The van der Waals surface area contributed by atoms with E-state index in [9.17, 15) is 4.79 Å². The normalized spacial score (nSPS) is 15.7. The van der Waals surface area contributed by atoms with Crippen LogP contribution in [0, 0.1) is 0 Å². The molecule has 1 fully saturated rings. The molecule has 1 heterocycles. The van der Waals surface area contributed by atoms with Crippen LogP contribution in [-0.2, 0) is 20.9 Å². The summed E-state index contributed by atoms with van der Waals surface area (Å²) in [6, 6.07) is 12.6. The predicted octanol–water partition coefficient (Wildman–Crippen LogP) is 4.18. The zero-order valence-corrected chi connectivity index (χ0v) is 16.8. The average molecular weight is 423 g/mol. The molecule has 1 aliphatic rings. The molecule has 0 aromatic heterocycles. The number of amides is 1. The maximum atomic E-state index is 11.9. The highest BCUT2D eigenvalue weighted by Gasteiger charge is 2.33. The average Bonchev–Trinajstić information content (AvgIpc) is 3.07. The Bertz CT molecular complexity index is 867. The number of hydrogen-bond acceptors (Lipinski definition) is 5. The summed E-state index contributed by atoms with van der Waals surface area (Å²) < 4.78 is 16.6. The van der Waals surface area contributed by atoms with Crippen molar-refractivity contribution in [3.8, 4) is 5.75 Å². The number of carbonyl (C=O) groups is 1. The number of rotatable bonds is 7. The Labute approximate surface area is 173 Å². The first-order valence-electron chi connectivity index (χ1n) is 8.70. The summed E-state index contributed by atoms with van der Waals surface area (Å²) >= 11 is 12.0. The summed E-state index contributed by atoms with van der Waals surface area (Å²) in [6.45, 7) is 3.02. The fourth-order valence-corrected chi connectivity index (χ4v) is 3.12. The zero-order valence-electron chi connectivity index (χ0n) is 15.3. The van der Waals surface area contributed by atoms with Crippen molar-refractivity contribution in [1.29, 1.82) is 0 Å². The summed E-state index contributed by atoms with van der Waals surface area (Å²) in [5.74, 6) is -0.511. The lowest BCUT2D eigenvalue weighted by Crippen LogP contribution is -2.33. The molecular weight excluding hydrogens is 403 g/mol. The predicted molar refractivity (Wildman–Crippen MR) is 108 cm³/mol. The largest absolute Gasteiger partial charge is 0.489 e. The van der Waals surface area contributed by atoms with Crippen molar-refractivity contribution in [1.82, 2.24) is 5.43 Å². The third kappa shape index (κ3) is 5.94. The minimum atomic E-state index is -0.879. The fourth-order valence-electron chi connectivity index (χ4n) is 2.65. The number of ether oxygens (including phenoxy) is 3. The molecule has 0 spiro atoms. The Morgan fingerprint density at radius 1 is 1.25 bits per heavy atom. The quantitative estimate of drug-likeness (QED) is 0.536. The minimum absolute atomic E-state index is 0.0787. The van der Waals surface area contributed by atoms with Crippen LogP contribution in [0.5, 0.6) is 5.75 Å². The van der Waals surface area contributed by atoms with Crippen LogP contribution in [-0.4, -0.2) is 31.1 Å². The van der Waals surface area contributed by atoms with Crippen molar-refractivity contribution in [2.45, 2.75) is 25.7 Å². The maximum absolute atomic E-state index is 11.9. The fraction of sp³-hybridized carbons (Fsp3) is 0.300. The van der Waals surface area contributed by atoms with Gasteiger partial charge in [0.15, 0.2) is 5.79 Å². The van der Waals surface area contributed by atoms with Gasteiger partial charge in [0, 0.05) is 15.6 Å². The number of hydrogen-bond donors (Lipinski definition) is 1. The maximum Gasteiger partial charge on any atom is 0.245 e. The van der Waals surface area contributed by atoms with Gasteiger partial charge in [0.25, 0.3) is 0 Å². The molecule has 0 atom stereocenters. The van der Waals surface area contributed by atoms with E-state index < -0.39 is 5.79 Å². The van der Waals surface area contributed by atoms with Gasteiger partial charge >= 0.3 is 0 Å². The molecule has 0 saturated carbocycles. The third-order valence-electron chi connectivity index (χ3n) is 4.05. The van der Waals surface area contributed by atoms with E-state index in [4.69, 9.17) is 37.4 Å². The zero-order chi connectivity index (χ0) is 20.0. The van der Waals surface area contributed by atoms with Gasteiger partial charge < -0.3 is 14.2 Å². The monoisotopic (exact) mass is 422 g/mol. The lowest BCUT2D eigenvalue weighted by Gasteiger charge is -2.20. The highest BCUT2D eigenvalue weighted by atomic mass is 35.5. The number of hydrazone groups is 1. The topological polar surface area (TPSA) is 69.2 Å². The van der Waals surface area contributed by atoms with Gasteiger partial charge in [-0.3, -0.25) is 4.79 Å². The van der Waals surface area contributed by atoms with Crippen LogP contribution in [0.1, 0.15) is 24.5 Å². The second-order valence-corrected chi connectivity index (χ2v) is 7.24. The first-order valence-corrected chi connectivity index (χ1v) is 9.46. The molecular formula is C20H20Cl2N2O4. The van der Waals surface area contributed by atoms with Crippen LogP contribution < -0.4 is 10.2 Å². The van der Waals surface area contributed by atoms with Gasteiger partial charge in [0.1, 0.15) is 12.4 Å². The summed E-state index contributed by atoms with van der Waals surface area (Å²) in [7, 11) is 0. The Morgan fingerprint density at radius 2 is 2.04 bits per heavy atom. The smallest absolute Gasteiger partial charge is 0.245 e. The molecule has 0 bridgehead atoms. The Morgan fingerprint density at radius 3 is 2.79 bits per heavy atom. The van der Waals surface area contributed by atoms with Gasteiger partial charge in [-0.2, -0.15) is 5.10 Å². The van der Waals surface area contributed by atoms with Crippen molar-refractivity contribution in [2.24, 2.45) is 5.10 Å². The van der Waals surface area contributed by atoms with Gasteiger partial charge in [0.2, 0.25) is 5.91 Å².